The molecule has 1 atom stereocenters. The molecule has 0 spiro atoms. The molecule has 0 bridgehead atoms. The van der Waals surface area contributed by atoms with Crippen LogP contribution in [0.3, 0.4) is 0 Å². The molecule has 6 nitrogen and oxygen atoms in total. The highest BCUT2D eigenvalue weighted by molar-refractivity contribution is 5.79. The molecule has 1 aromatic heterocycles. The van der Waals surface area contributed by atoms with E-state index in [0.717, 1.165) is 40.9 Å². The normalized spacial score (nSPS) is 15.8. The number of methoxy groups -OCH3 is 1. The van der Waals surface area contributed by atoms with Gasteiger partial charge in [0.25, 0.3) is 0 Å². The molecule has 1 N–H and O–H groups in total. The van der Waals surface area contributed by atoms with Crippen molar-refractivity contribution in [3.63, 3.8) is 0 Å². The molecule has 2 aromatic carbocycles. The Morgan fingerprint density at radius 3 is 3.11 bits per heavy atom. The van der Waals surface area contributed by atoms with Crippen molar-refractivity contribution in [2.75, 3.05) is 20.3 Å². The predicted octanol–water partition coefficient (Wildman–Crippen LogP) is 2.80. The summed E-state index contributed by atoms with van der Waals surface area (Å²) >= 11 is 0. The molecule has 140 valence electrons. The third-order valence-electron chi connectivity index (χ3n) is 4.95. The second kappa shape index (κ2) is 7.70. The molecule has 1 amide bonds. The van der Waals surface area contributed by atoms with Gasteiger partial charge in [0.2, 0.25) is 5.91 Å². The van der Waals surface area contributed by atoms with Crippen molar-refractivity contribution in [2.24, 2.45) is 5.92 Å². The molecule has 2 heterocycles. The zero-order chi connectivity index (χ0) is 18.6. The lowest BCUT2D eigenvalue weighted by molar-refractivity contribution is -0.126. The molecule has 1 aliphatic heterocycles. The van der Waals surface area contributed by atoms with Crippen LogP contribution < -0.4 is 14.8 Å². The van der Waals surface area contributed by atoms with Gasteiger partial charge in [-0.2, -0.15) is 5.10 Å². The molecule has 3 aromatic rings. The summed E-state index contributed by atoms with van der Waals surface area (Å²) in [5, 5.41) is 8.58. The van der Waals surface area contributed by atoms with Crippen LogP contribution in [-0.4, -0.2) is 35.9 Å². The number of aryl methyl sites for hydroxylation is 1. The zero-order valence-corrected chi connectivity index (χ0v) is 15.4. The fourth-order valence-electron chi connectivity index (χ4n) is 3.44. The molecule has 6 heteroatoms. The second-order valence-electron chi connectivity index (χ2n) is 6.76. The first-order valence-corrected chi connectivity index (χ1v) is 9.22. The van der Waals surface area contributed by atoms with Crippen LogP contribution in [0.15, 0.2) is 48.7 Å². The Labute approximate surface area is 158 Å². The van der Waals surface area contributed by atoms with Gasteiger partial charge in [0.15, 0.2) is 0 Å². The molecular weight excluding hydrogens is 342 g/mol. The van der Waals surface area contributed by atoms with Crippen LogP contribution in [0.25, 0.3) is 10.9 Å². The summed E-state index contributed by atoms with van der Waals surface area (Å²) < 4.78 is 13.0. The predicted molar refractivity (Wildman–Crippen MR) is 103 cm³/mol. The summed E-state index contributed by atoms with van der Waals surface area (Å²) in [4.78, 5) is 12.5. The van der Waals surface area contributed by atoms with Gasteiger partial charge in [-0.25, -0.2) is 0 Å². The Hall–Kier alpha value is -3.02. The summed E-state index contributed by atoms with van der Waals surface area (Å²) in [6.45, 7) is 1.80. The van der Waals surface area contributed by atoms with Crippen molar-refractivity contribution in [3.05, 3.63) is 54.2 Å². The highest BCUT2D eigenvalue weighted by Gasteiger charge is 2.26. The Morgan fingerprint density at radius 2 is 2.22 bits per heavy atom. The fraction of sp³-hybridized carbons (Fsp3) is 0.333. The summed E-state index contributed by atoms with van der Waals surface area (Å²) in [7, 11) is 1.63. The maximum atomic E-state index is 12.5. The SMILES string of the molecule is COc1ccc2c(c1)OC[C@@H](C(=O)NCCCn1ncc3ccccc31)C2. The highest BCUT2D eigenvalue weighted by Crippen LogP contribution is 2.31. The number of rotatable bonds is 6. The standard InChI is InChI=1S/C21H23N3O3/c1-26-18-8-7-15-11-17(14-27-20(15)12-18)21(25)22-9-4-10-24-19-6-3-2-5-16(19)13-23-24/h2-3,5-8,12-13,17H,4,9-11,14H2,1H3,(H,22,25)/t17-/m0/s1. The van der Waals surface area contributed by atoms with Gasteiger partial charge in [-0.05, 0) is 30.5 Å². The quantitative estimate of drug-likeness (QED) is 0.682. The molecule has 0 fully saturated rings. The van der Waals surface area contributed by atoms with Gasteiger partial charge in [-0.3, -0.25) is 9.48 Å². The van der Waals surface area contributed by atoms with E-state index in [1.807, 2.05) is 41.2 Å². The number of amides is 1. The molecule has 0 saturated heterocycles. The first-order chi connectivity index (χ1) is 13.2. The number of carbonyl (C=O) groups is 1. The second-order valence-corrected chi connectivity index (χ2v) is 6.76. The van der Waals surface area contributed by atoms with Crippen molar-refractivity contribution in [3.8, 4) is 11.5 Å². The monoisotopic (exact) mass is 365 g/mol. The maximum Gasteiger partial charge on any atom is 0.226 e. The number of benzene rings is 2. The largest absolute Gasteiger partial charge is 0.497 e. The van der Waals surface area contributed by atoms with Crippen LogP contribution in [0.1, 0.15) is 12.0 Å². The zero-order valence-electron chi connectivity index (χ0n) is 15.4. The Bertz CT molecular complexity index is 951. The van der Waals surface area contributed by atoms with Gasteiger partial charge in [0.05, 0.1) is 24.7 Å². The van der Waals surface area contributed by atoms with Crippen molar-refractivity contribution < 1.29 is 14.3 Å². The third-order valence-corrected chi connectivity index (χ3v) is 4.95. The highest BCUT2D eigenvalue weighted by atomic mass is 16.5. The van der Waals surface area contributed by atoms with Crippen molar-refractivity contribution in [1.82, 2.24) is 15.1 Å². The van der Waals surface area contributed by atoms with Gasteiger partial charge in [0, 0.05) is 24.5 Å². The average molecular weight is 365 g/mol. The average Bonchev–Trinajstić information content (AvgIpc) is 3.13. The molecule has 0 radical (unpaired) electrons. The van der Waals surface area contributed by atoms with Gasteiger partial charge >= 0.3 is 0 Å². The van der Waals surface area contributed by atoms with E-state index in [-0.39, 0.29) is 11.8 Å². The van der Waals surface area contributed by atoms with Crippen LogP contribution in [0, 0.1) is 5.92 Å². The van der Waals surface area contributed by atoms with Crippen LogP contribution >= 0.6 is 0 Å². The molecular formula is C21H23N3O3. The number of hydrogen-bond donors (Lipinski definition) is 1. The van der Waals surface area contributed by atoms with E-state index in [4.69, 9.17) is 9.47 Å². The number of carbonyl (C=O) groups excluding carboxylic acids is 1. The van der Waals surface area contributed by atoms with E-state index in [0.29, 0.717) is 19.6 Å². The minimum absolute atomic E-state index is 0.0433. The van der Waals surface area contributed by atoms with Crippen LogP contribution in [0.2, 0.25) is 0 Å². The Kier molecular flexibility index (Phi) is 4.96. The summed E-state index contributed by atoms with van der Waals surface area (Å²) in [5.41, 5.74) is 2.17. The minimum Gasteiger partial charge on any atom is -0.497 e. The van der Waals surface area contributed by atoms with Crippen molar-refractivity contribution in [2.45, 2.75) is 19.4 Å². The van der Waals surface area contributed by atoms with E-state index >= 15 is 0 Å². The van der Waals surface area contributed by atoms with Gasteiger partial charge in [-0.1, -0.05) is 24.3 Å². The lowest BCUT2D eigenvalue weighted by atomic mass is 9.96. The van der Waals surface area contributed by atoms with Crippen molar-refractivity contribution in [1.29, 1.82) is 0 Å². The van der Waals surface area contributed by atoms with E-state index in [2.05, 4.69) is 22.5 Å². The Morgan fingerprint density at radius 1 is 1.33 bits per heavy atom. The number of fused-ring (bicyclic) bond motifs is 2. The molecule has 4 rings (SSSR count). The lowest BCUT2D eigenvalue weighted by Gasteiger charge is -2.25. The topological polar surface area (TPSA) is 65.4 Å². The minimum atomic E-state index is -0.156. The first kappa shape index (κ1) is 17.4. The maximum absolute atomic E-state index is 12.5. The van der Waals surface area contributed by atoms with E-state index < -0.39 is 0 Å². The van der Waals surface area contributed by atoms with Gasteiger partial charge < -0.3 is 14.8 Å². The summed E-state index contributed by atoms with van der Waals surface area (Å²) in [5.74, 6) is 1.46. The molecule has 0 saturated carbocycles. The van der Waals surface area contributed by atoms with E-state index in [9.17, 15) is 4.79 Å². The smallest absolute Gasteiger partial charge is 0.226 e. The summed E-state index contributed by atoms with van der Waals surface area (Å²) in [6, 6.07) is 13.9. The lowest BCUT2D eigenvalue weighted by Crippen LogP contribution is -2.38. The number of nitrogens with zero attached hydrogens (tertiary/aromatic N) is 2. The number of nitrogens with one attached hydrogen (secondary N) is 1. The first-order valence-electron chi connectivity index (χ1n) is 9.22. The number of aromatic nitrogens is 2. The number of ether oxygens (including phenoxy) is 2. The molecule has 0 aliphatic carbocycles. The van der Waals surface area contributed by atoms with Crippen LogP contribution in [-0.2, 0) is 17.8 Å². The molecule has 0 unspecified atom stereocenters. The number of para-hydroxylation sites is 1. The van der Waals surface area contributed by atoms with E-state index in [1.165, 1.54) is 0 Å². The molecule has 27 heavy (non-hydrogen) atoms. The summed E-state index contributed by atoms with van der Waals surface area (Å²) in [6.07, 6.45) is 3.40. The van der Waals surface area contributed by atoms with Crippen molar-refractivity contribution >= 4 is 16.8 Å². The molecule has 1 aliphatic rings. The Balaban J connectivity index is 1.27. The van der Waals surface area contributed by atoms with E-state index in [1.54, 1.807) is 7.11 Å². The van der Waals surface area contributed by atoms with Gasteiger partial charge in [-0.15, -0.1) is 0 Å². The number of hydrogen-bond acceptors (Lipinski definition) is 4. The van der Waals surface area contributed by atoms with Crippen LogP contribution in [0.5, 0.6) is 11.5 Å². The fourth-order valence-corrected chi connectivity index (χ4v) is 3.44. The third kappa shape index (κ3) is 3.74. The van der Waals surface area contributed by atoms with Gasteiger partial charge in [0.1, 0.15) is 18.1 Å². The van der Waals surface area contributed by atoms with Crippen LogP contribution in [0.4, 0.5) is 0 Å².